The molecule has 2 heterocycles. The van der Waals surface area contributed by atoms with Crippen molar-refractivity contribution in [3.05, 3.63) is 46.1 Å². The van der Waals surface area contributed by atoms with E-state index < -0.39 is 5.97 Å². The van der Waals surface area contributed by atoms with Gasteiger partial charge in [-0.2, -0.15) is 0 Å². The average Bonchev–Trinajstić information content (AvgIpc) is 3.32. The van der Waals surface area contributed by atoms with Crippen molar-refractivity contribution in [1.29, 1.82) is 0 Å². The number of nitrogens with one attached hydrogen (secondary N) is 2. The van der Waals surface area contributed by atoms with Crippen LogP contribution in [0.5, 0.6) is 0 Å². The number of hydrogen-bond acceptors (Lipinski definition) is 7. The lowest BCUT2D eigenvalue weighted by Gasteiger charge is -2.08. The fraction of sp³-hybridized carbons (Fsp3) is 0.263. The van der Waals surface area contributed by atoms with Gasteiger partial charge < -0.3 is 10.1 Å². The van der Waals surface area contributed by atoms with E-state index in [4.69, 9.17) is 16.3 Å². The summed E-state index contributed by atoms with van der Waals surface area (Å²) in [7, 11) is 1.30. The SMILES string of the molecule is COC(=O)c1c(-c2ccccc2Cl)csc1NC(=O)CSc1n[nH]c(C2CC2)n1. The molecule has 0 radical (unpaired) electrons. The Hall–Kier alpha value is -2.36. The molecule has 2 N–H and O–H groups in total. The first kappa shape index (κ1) is 19.9. The Balaban J connectivity index is 1.49. The molecule has 0 bridgehead atoms. The Morgan fingerprint density at radius 3 is 2.86 bits per heavy atom. The van der Waals surface area contributed by atoms with Crippen molar-refractivity contribution in [2.45, 2.75) is 23.9 Å². The van der Waals surface area contributed by atoms with Crippen molar-refractivity contribution < 1.29 is 14.3 Å². The highest BCUT2D eigenvalue weighted by Crippen LogP contribution is 2.40. The van der Waals surface area contributed by atoms with Gasteiger partial charge in [-0.3, -0.25) is 9.89 Å². The third-order valence-corrected chi connectivity index (χ3v) is 6.45. The van der Waals surface area contributed by atoms with Crippen molar-refractivity contribution >= 4 is 51.6 Å². The van der Waals surface area contributed by atoms with E-state index in [0.717, 1.165) is 18.7 Å². The van der Waals surface area contributed by atoms with Gasteiger partial charge in [-0.25, -0.2) is 9.78 Å². The molecule has 1 saturated carbocycles. The van der Waals surface area contributed by atoms with Crippen LogP contribution in [-0.2, 0) is 9.53 Å². The van der Waals surface area contributed by atoms with Gasteiger partial charge in [-0.15, -0.1) is 16.4 Å². The molecule has 1 fully saturated rings. The summed E-state index contributed by atoms with van der Waals surface area (Å²) < 4.78 is 4.92. The molecular formula is C19H17ClN4O3S2. The Bertz CT molecular complexity index is 1060. The lowest BCUT2D eigenvalue weighted by atomic mass is 10.0. The number of amides is 1. The van der Waals surface area contributed by atoms with Crippen LogP contribution in [0.4, 0.5) is 5.00 Å². The number of carbonyl (C=O) groups is 2. The Kier molecular flexibility index (Phi) is 5.89. The molecule has 150 valence electrons. The summed E-state index contributed by atoms with van der Waals surface area (Å²) in [5.41, 5.74) is 1.62. The molecule has 7 nitrogen and oxygen atoms in total. The first-order valence-electron chi connectivity index (χ1n) is 8.86. The number of thioether (sulfide) groups is 1. The molecule has 3 aromatic rings. The van der Waals surface area contributed by atoms with Gasteiger partial charge in [0.15, 0.2) is 0 Å². The molecule has 0 spiro atoms. The fourth-order valence-electron chi connectivity index (χ4n) is 2.79. The number of anilines is 1. The van der Waals surface area contributed by atoms with Crippen molar-refractivity contribution in [2.24, 2.45) is 0 Å². The summed E-state index contributed by atoms with van der Waals surface area (Å²) >= 11 is 8.78. The van der Waals surface area contributed by atoms with Gasteiger partial charge in [0, 0.05) is 27.4 Å². The number of H-pyrrole nitrogens is 1. The second-order valence-corrected chi connectivity index (χ2v) is 8.67. The predicted octanol–water partition coefficient (Wildman–Crippen LogP) is 4.58. The van der Waals surface area contributed by atoms with Crippen LogP contribution in [0.1, 0.15) is 34.9 Å². The highest BCUT2D eigenvalue weighted by atomic mass is 35.5. The van der Waals surface area contributed by atoms with E-state index in [1.165, 1.54) is 30.2 Å². The van der Waals surface area contributed by atoms with Gasteiger partial charge in [0.2, 0.25) is 11.1 Å². The van der Waals surface area contributed by atoms with Gasteiger partial charge in [-0.05, 0) is 18.9 Å². The molecule has 1 amide bonds. The molecule has 1 aliphatic carbocycles. The molecule has 29 heavy (non-hydrogen) atoms. The van der Waals surface area contributed by atoms with E-state index in [1.54, 1.807) is 11.4 Å². The molecule has 0 atom stereocenters. The molecule has 1 aliphatic rings. The van der Waals surface area contributed by atoms with Gasteiger partial charge in [0.1, 0.15) is 16.4 Å². The van der Waals surface area contributed by atoms with Gasteiger partial charge in [0.05, 0.1) is 12.9 Å². The number of methoxy groups -OCH3 is 1. The van der Waals surface area contributed by atoms with Crippen molar-refractivity contribution in [3.63, 3.8) is 0 Å². The number of ether oxygens (including phenoxy) is 1. The van der Waals surface area contributed by atoms with Crippen LogP contribution < -0.4 is 5.32 Å². The second-order valence-electron chi connectivity index (χ2n) is 6.44. The third-order valence-electron chi connectivity index (χ3n) is 4.38. The number of aromatic nitrogens is 3. The van der Waals surface area contributed by atoms with Crippen molar-refractivity contribution in [2.75, 3.05) is 18.2 Å². The number of hydrogen-bond donors (Lipinski definition) is 2. The van der Waals surface area contributed by atoms with Gasteiger partial charge >= 0.3 is 5.97 Å². The Labute approximate surface area is 180 Å². The number of halogens is 1. The predicted molar refractivity (Wildman–Crippen MR) is 114 cm³/mol. The fourth-order valence-corrected chi connectivity index (χ4v) is 4.59. The van der Waals surface area contributed by atoms with Gasteiger partial charge in [0.25, 0.3) is 0 Å². The zero-order valence-electron chi connectivity index (χ0n) is 15.4. The molecule has 2 aromatic heterocycles. The van der Waals surface area contributed by atoms with Crippen LogP contribution in [0.25, 0.3) is 11.1 Å². The molecule has 0 unspecified atom stereocenters. The maximum atomic E-state index is 12.4. The van der Waals surface area contributed by atoms with E-state index in [9.17, 15) is 9.59 Å². The van der Waals surface area contributed by atoms with Crippen molar-refractivity contribution in [1.82, 2.24) is 15.2 Å². The molecule has 1 aromatic carbocycles. The molecule has 0 aliphatic heterocycles. The lowest BCUT2D eigenvalue weighted by molar-refractivity contribution is -0.113. The van der Waals surface area contributed by atoms with Crippen LogP contribution in [0, 0.1) is 0 Å². The summed E-state index contributed by atoms with van der Waals surface area (Å²) in [5.74, 6) is 0.686. The standard InChI is InChI=1S/C19H17ClN4O3S2/c1-27-18(26)15-12(11-4-2-3-5-13(11)20)8-28-17(15)21-14(25)9-29-19-22-16(23-24-19)10-6-7-10/h2-5,8,10H,6-7,9H2,1H3,(H,21,25)(H,22,23,24). The first-order chi connectivity index (χ1) is 14.1. The summed E-state index contributed by atoms with van der Waals surface area (Å²) in [5, 5.41) is 13.1. The van der Waals surface area contributed by atoms with Crippen LogP contribution in [-0.4, -0.2) is 39.9 Å². The minimum absolute atomic E-state index is 0.127. The number of rotatable bonds is 7. The zero-order valence-corrected chi connectivity index (χ0v) is 17.8. The number of aromatic amines is 1. The normalized spacial score (nSPS) is 13.3. The molecule has 0 saturated heterocycles. The van der Waals surface area contributed by atoms with Crippen LogP contribution in [0.15, 0.2) is 34.8 Å². The quantitative estimate of drug-likeness (QED) is 0.405. The number of esters is 1. The average molecular weight is 449 g/mol. The summed E-state index contributed by atoms with van der Waals surface area (Å²) in [6, 6.07) is 7.21. The first-order valence-corrected chi connectivity index (χ1v) is 11.1. The van der Waals surface area contributed by atoms with Crippen LogP contribution in [0.2, 0.25) is 5.02 Å². The highest BCUT2D eigenvalue weighted by Gasteiger charge is 2.27. The summed E-state index contributed by atoms with van der Waals surface area (Å²) in [6.45, 7) is 0. The molecule has 4 rings (SSSR count). The monoisotopic (exact) mass is 448 g/mol. The highest BCUT2D eigenvalue weighted by molar-refractivity contribution is 7.99. The topological polar surface area (TPSA) is 97.0 Å². The van der Waals surface area contributed by atoms with E-state index in [0.29, 0.717) is 32.2 Å². The van der Waals surface area contributed by atoms with E-state index in [1.807, 2.05) is 18.2 Å². The number of thiophene rings is 1. The van der Waals surface area contributed by atoms with E-state index in [-0.39, 0.29) is 17.2 Å². The van der Waals surface area contributed by atoms with Crippen LogP contribution in [0.3, 0.4) is 0 Å². The summed E-state index contributed by atoms with van der Waals surface area (Å²) in [6.07, 6.45) is 2.25. The third kappa shape index (κ3) is 4.47. The number of nitrogens with zero attached hydrogens (tertiary/aromatic N) is 2. The maximum Gasteiger partial charge on any atom is 0.341 e. The smallest absolute Gasteiger partial charge is 0.341 e. The number of carbonyl (C=O) groups excluding carboxylic acids is 2. The van der Waals surface area contributed by atoms with Crippen LogP contribution >= 0.6 is 34.7 Å². The molecule has 10 heteroatoms. The Morgan fingerprint density at radius 1 is 1.34 bits per heavy atom. The number of benzene rings is 1. The summed E-state index contributed by atoms with van der Waals surface area (Å²) in [4.78, 5) is 29.2. The minimum Gasteiger partial charge on any atom is -0.465 e. The Morgan fingerprint density at radius 2 is 2.14 bits per heavy atom. The van der Waals surface area contributed by atoms with E-state index in [2.05, 4.69) is 20.5 Å². The lowest BCUT2D eigenvalue weighted by Crippen LogP contribution is -2.16. The van der Waals surface area contributed by atoms with Gasteiger partial charge in [-0.1, -0.05) is 41.6 Å². The van der Waals surface area contributed by atoms with E-state index >= 15 is 0 Å². The minimum atomic E-state index is -0.535. The molecular weight excluding hydrogens is 432 g/mol. The van der Waals surface area contributed by atoms with Crippen molar-refractivity contribution in [3.8, 4) is 11.1 Å². The zero-order chi connectivity index (χ0) is 20.4. The second kappa shape index (κ2) is 8.56. The maximum absolute atomic E-state index is 12.4. The largest absolute Gasteiger partial charge is 0.465 e.